The van der Waals surface area contributed by atoms with Crippen LogP contribution in [0.4, 0.5) is 5.69 Å². The Bertz CT molecular complexity index is 365. The van der Waals surface area contributed by atoms with Gasteiger partial charge in [0, 0.05) is 11.8 Å². The number of aliphatic hydroxyl groups excluding tert-OH is 1. The van der Waals surface area contributed by atoms with Crippen LogP contribution in [-0.2, 0) is 4.79 Å². The molecule has 1 aromatic rings. The fourth-order valence-electron chi connectivity index (χ4n) is 1.30. The second-order valence-electron chi connectivity index (χ2n) is 3.72. The molecule has 0 bridgehead atoms. The molecule has 0 aromatic heterocycles. The average molecular weight is 238 g/mol. The summed E-state index contributed by atoms with van der Waals surface area (Å²) in [5, 5.41) is 11.6. The minimum atomic E-state index is -0.256. The minimum Gasteiger partial charge on any atom is -0.484 e. The van der Waals surface area contributed by atoms with Crippen molar-refractivity contribution in [2.24, 2.45) is 0 Å². The van der Waals surface area contributed by atoms with E-state index in [0.29, 0.717) is 17.9 Å². The van der Waals surface area contributed by atoms with Crippen molar-refractivity contribution in [3.8, 4) is 5.75 Å². The van der Waals surface area contributed by atoms with Gasteiger partial charge in [-0.05, 0) is 18.6 Å². The number of nitrogens with one attached hydrogen (secondary N) is 1. The SMILES string of the molecule is CCC(CO)NC(=O)COc1cccc(N)c1. The van der Waals surface area contributed by atoms with Gasteiger partial charge in [-0.1, -0.05) is 13.0 Å². The van der Waals surface area contributed by atoms with E-state index in [-0.39, 0.29) is 25.2 Å². The Morgan fingerprint density at radius 1 is 1.59 bits per heavy atom. The molecule has 1 rings (SSSR count). The van der Waals surface area contributed by atoms with Gasteiger partial charge in [0.25, 0.3) is 5.91 Å². The number of hydrogen-bond donors (Lipinski definition) is 3. The van der Waals surface area contributed by atoms with Gasteiger partial charge in [0.1, 0.15) is 5.75 Å². The number of benzene rings is 1. The number of rotatable bonds is 6. The fraction of sp³-hybridized carbons (Fsp3) is 0.417. The zero-order chi connectivity index (χ0) is 12.7. The molecule has 0 aliphatic carbocycles. The van der Waals surface area contributed by atoms with Crippen molar-refractivity contribution < 1.29 is 14.6 Å². The molecule has 0 saturated carbocycles. The first-order valence-electron chi connectivity index (χ1n) is 5.54. The van der Waals surface area contributed by atoms with Crippen LogP contribution < -0.4 is 15.8 Å². The summed E-state index contributed by atoms with van der Waals surface area (Å²) in [6.45, 7) is 1.74. The van der Waals surface area contributed by atoms with Gasteiger partial charge in [-0.25, -0.2) is 0 Å². The lowest BCUT2D eigenvalue weighted by atomic mass is 10.2. The number of ether oxygens (including phenoxy) is 1. The summed E-state index contributed by atoms with van der Waals surface area (Å²) in [5.41, 5.74) is 6.16. The van der Waals surface area contributed by atoms with Crippen LogP contribution in [0.5, 0.6) is 5.75 Å². The predicted octanol–water partition coefficient (Wildman–Crippen LogP) is 0.535. The maximum atomic E-state index is 11.5. The van der Waals surface area contributed by atoms with E-state index in [1.807, 2.05) is 6.92 Å². The van der Waals surface area contributed by atoms with Crippen LogP contribution in [-0.4, -0.2) is 30.3 Å². The van der Waals surface area contributed by atoms with Crippen LogP contribution in [0.25, 0.3) is 0 Å². The zero-order valence-electron chi connectivity index (χ0n) is 9.85. The van der Waals surface area contributed by atoms with Crippen LogP contribution in [0.3, 0.4) is 0 Å². The zero-order valence-corrected chi connectivity index (χ0v) is 9.85. The molecule has 0 spiro atoms. The number of aliphatic hydroxyl groups is 1. The van der Waals surface area contributed by atoms with Crippen molar-refractivity contribution in [2.75, 3.05) is 18.9 Å². The van der Waals surface area contributed by atoms with Crippen LogP contribution in [0.2, 0.25) is 0 Å². The monoisotopic (exact) mass is 238 g/mol. The summed E-state index contributed by atoms with van der Waals surface area (Å²) in [4.78, 5) is 11.5. The first-order valence-corrected chi connectivity index (χ1v) is 5.54. The minimum absolute atomic E-state index is 0.0689. The molecule has 0 saturated heterocycles. The predicted molar refractivity (Wildman–Crippen MR) is 65.7 cm³/mol. The highest BCUT2D eigenvalue weighted by atomic mass is 16.5. The maximum absolute atomic E-state index is 11.5. The molecule has 5 nitrogen and oxygen atoms in total. The molecule has 17 heavy (non-hydrogen) atoms. The molecule has 1 atom stereocenters. The van der Waals surface area contributed by atoms with Crippen molar-refractivity contribution >= 4 is 11.6 Å². The molecule has 94 valence electrons. The Morgan fingerprint density at radius 3 is 2.94 bits per heavy atom. The Morgan fingerprint density at radius 2 is 2.35 bits per heavy atom. The summed E-state index contributed by atoms with van der Waals surface area (Å²) in [5.74, 6) is 0.297. The highest BCUT2D eigenvalue weighted by molar-refractivity contribution is 5.77. The molecule has 1 unspecified atom stereocenters. The van der Waals surface area contributed by atoms with Gasteiger partial charge in [0.15, 0.2) is 6.61 Å². The van der Waals surface area contributed by atoms with Crippen molar-refractivity contribution in [3.63, 3.8) is 0 Å². The van der Waals surface area contributed by atoms with Gasteiger partial charge in [0.05, 0.1) is 12.6 Å². The first kappa shape index (κ1) is 13.3. The van der Waals surface area contributed by atoms with Gasteiger partial charge in [-0.3, -0.25) is 4.79 Å². The Kier molecular flexibility index (Phi) is 5.29. The fourth-order valence-corrected chi connectivity index (χ4v) is 1.30. The molecule has 0 heterocycles. The van der Waals surface area contributed by atoms with E-state index < -0.39 is 0 Å². The number of amides is 1. The molecule has 0 aliphatic rings. The number of carbonyl (C=O) groups is 1. The molecule has 0 radical (unpaired) electrons. The quantitative estimate of drug-likeness (QED) is 0.631. The third-order valence-corrected chi connectivity index (χ3v) is 2.31. The van der Waals surface area contributed by atoms with Gasteiger partial charge in [-0.2, -0.15) is 0 Å². The van der Waals surface area contributed by atoms with Crippen LogP contribution in [0.15, 0.2) is 24.3 Å². The molecule has 1 aromatic carbocycles. The van der Waals surface area contributed by atoms with E-state index in [4.69, 9.17) is 15.6 Å². The summed E-state index contributed by atoms with van der Waals surface area (Å²) < 4.78 is 5.26. The summed E-state index contributed by atoms with van der Waals surface area (Å²) in [7, 11) is 0. The molecule has 0 fully saturated rings. The molecule has 5 heteroatoms. The van der Waals surface area contributed by atoms with Gasteiger partial charge in [-0.15, -0.1) is 0 Å². The Labute approximate surface area is 101 Å². The molecular formula is C12H18N2O3. The van der Waals surface area contributed by atoms with E-state index >= 15 is 0 Å². The number of carbonyl (C=O) groups excluding carboxylic acids is 1. The van der Waals surface area contributed by atoms with E-state index in [9.17, 15) is 4.79 Å². The Hall–Kier alpha value is -1.75. The van der Waals surface area contributed by atoms with Crippen molar-refractivity contribution in [1.29, 1.82) is 0 Å². The summed E-state index contributed by atoms with van der Waals surface area (Å²) >= 11 is 0. The van der Waals surface area contributed by atoms with E-state index in [0.717, 1.165) is 0 Å². The second kappa shape index (κ2) is 6.75. The van der Waals surface area contributed by atoms with Crippen LogP contribution in [0.1, 0.15) is 13.3 Å². The first-order chi connectivity index (χ1) is 8.15. The van der Waals surface area contributed by atoms with Crippen molar-refractivity contribution in [1.82, 2.24) is 5.32 Å². The number of hydrogen-bond acceptors (Lipinski definition) is 4. The van der Waals surface area contributed by atoms with Crippen LogP contribution >= 0.6 is 0 Å². The standard InChI is InChI=1S/C12H18N2O3/c1-2-10(7-15)14-12(16)8-17-11-5-3-4-9(13)6-11/h3-6,10,15H,2,7-8,13H2,1H3,(H,14,16). The maximum Gasteiger partial charge on any atom is 0.258 e. The lowest BCUT2D eigenvalue weighted by Crippen LogP contribution is -2.39. The second-order valence-corrected chi connectivity index (χ2v) is 3.72. The van der Waals surface area contributed by atoms with Gasteiger partial charge < -0.3 is 20.9 Å². The average Bonchev–Trinajstić information content (AvgIpc) is 2.33. The van der Waals surface area contributed by atoms with Crippen LogP contribution in [0, 0.1) is 0 Å². The highest BCUT2D eigenvalue weighted by Gasteiger charge is 2.09. The van der Waals surface area contributed by atoms with E-state index in [1.165, 1.54) is 0 Å². The van der Waals surface area contributed by atoms with Crippen molar-refractivity contribution in [3.05, 3.63) is 24.3 Å². The number of nitrogens with two attached hydrogens (primary N) is 1. The third kappa shape index (κ3) is 4.74. The normalized spacial score (nSPS) is 11.9. The largest absolute Gasteiger partial charge is 0.484 e. The molecule has 4 N–H and O–H groups in total. The molecular weight excluding hydrogens is 220 g/mol. The van der Waals surface area contributed by atoms with E-state index in [1.54, 1.807) is 24.3 Å². The number of nitrogen functional groups attached to an aromatic ring is 1. The smallest absolute Gasteiger partial charge is 0.258 e. The highest BCUT2D eigenvalue weighted by Crippen LogP contribution is 2.13. The molecule has 1 amide bonds. The summed E-state index contributed by atoms with van der Waals surface area (Å²) in [6, 6.07) is 6.66. The summed E-state index contributed by atoms with van der Waals surface area (Å²) in [6.07, 6.45) is 0.681. The molecule has 0 aliphatic heterocycles. The Balaban J connectivity index is 2.38. The topological polar surface area (TPSA) is 84.6 Å². The van der Waals surface area contributed by atoms with Crippen molar-refractivity contribution in [2.45, 2.75) is 19.4 Å². The number of anilines is 1. The van der Waals surface area contributed by atoms with Gasteiger partial charge in [0.2, 0.25) is 0 Å². The lowest BCUT2D eigenvalue weighted by Gasteiger charge is -2.14. The lowest BCUT2D eigenvalue weighted by molar-refractivity contribution is -0.124. The third-order valence-electron chi connectivity index (χ3n) is 2.31. The van der Waals surface area contributed by atoms with E-state index in [2.05, 4.69) is 5.32 Å². The van der Waals surface area contributed by atoms with Gasteiger partial charge >= 0.3 is 0 Å².